The van der Waals surface area contributed by atoms with Gasteiger partial charge in [0, 0.05) is 23.2 Å². The average Bonchev–Trinajstić information content (AvgIpc) is 2.99. The van der Waals surface area contributed by atoms with Gasteiger partial charge in [-0.3, -0.25) is 4.79 Å². The van der Waals surface area contributed by atoms with Crippen LogP contribution in [0.25, 0.3) is 4.91 Å². The molecule has 1 unspecified atom stereocenters. The third kappa shape index (κ3) is 5.32. The lowest BCUT2D eigenvalue weighted by Gasteiger charge is -2.19. The van der Waals surface area contributed by atoms with Gasteiger partial charge in [-0.1, -0.05) is 24.4 Å². The number of nitrogens with zero attached hydrogens (tertiary/aromatic N) is 1. The fourth-order valence-corrected chi connectivity index (χ4v) is 3.75. The first-order valence-electron chi connectivity index (χ1n) is 8.56. The summed E-state index contributed by atoms with van der Waals surface area (Å²) in [5, 5.41) is 2.89. The van der Waals surface area contributed by atoms with Crippen molar-refractivity contribution in [1.29, 1.82) is 0 Å². The van der Waals surface area contributed by atoms with Gasteiger partial charge < -0.3 is 16.0 Å². The van der Waals surface area contributed by atoms with E-state index < -0.39 is 11.6 Å². The molecule has 1 fully saturated rings. The largest absolute Gasteiger partial charge is 0.401 e. The number of benzene rings is 1. The summed E-state index contributed by atoms with van der Waals surface area (Å²) < 4.78 is 26.5. The van der Waals surface area contributed by atoms with Gasteiger partial charge in [0.1, 0.15) is 0 Å². The number of amides is 1. The number of rotatable bonds is 7. The maximum Gasteiger partial charge on any atom is 0.259 e. The fraction of sp³-hybridized carbons (Fsp3) is 0.421. The summed E-state index contributed by atoms with van der Waals surface area (Å²) >= 11 is 1.06. The Kier molecular flexibility index (Phi) is 7.23. The molecule has 4 nitrogen and oxygen atoms in total. The van der Waals surface area contributed by atoms with Crippen LogP contribution in [0.2, 0.25) is 0 Å². The molecule has 0 spiro atoms. The first-order valence-corrected chi connectivity index (χ1v) is 9.38. The molecule has 0 radical (unpaired) electrons. The highest BCUT2D eigenvalue weighted by Gasteiger charge is 2.21. The highest BCUT2D eigenvalue weighted by Crippen LogP contribution is 2.33. The number of hydrogen-bond acceptors (Lipinski definition) is 4. The van der Waals surface area contributed by atoms with Crippen LogP contribution in [0.15, 0.2) is 35.4 Å². The normalized spacial score (nSPS) is 18.5. The van der Waals surface area contributed by atoms with Gasteiger partial charge in [-0.05, 0) is 57.5 Å². The third-order valence-electron chi connectivity index (χ3n) is 4.47. The molecule has 1 atom stereocenters. The first kappa shape index (κ1) is 20.5. The van der Waals surface area contributed by atoms with Crippen molar-refractivity contribution in [3.63, 3.8) is 0 Å². The minimum absolute atomic E-state index is 0.278. The summed E-state index contributed by atoms with van der Waals surface area (Å²) in [6.45, 7) is 7.13. The first-order chi connectivity index (χ1) is 12.3. The number of hydrogen-bond donors (Lipinski definition) is 2. The Morgan fingerprint density at radius 3 is 2.73 bits per heavy atom. The van der Waals surface area contributed by atoms with Gasteiger partial charge in [0.25, 0.3) is 5.91 Å². The number of nitrogens with two attached hydrogens (primary N) is 1. The molecule has 142 valence electrons. The SMILES string of the molecule is C=C(S/C(C(=O)NCCC1CCCN1C)=C(/C)N)c1ccc(F)c(F)c1. The quantitative estimate of drug-likeness (QED) is 0.710. The van der Waals surface area contributed by atoms with Crippen LogP contribution in [0.5, 0.6) is 0 Å². The second kappa shape index (κ2) is 9.19. The second-order valence-electron chi connectivity index (χ2n) is 6.49. The molecule has 0 saturated carbocycles. The molecule has 26 heavy (non-hydrogen) atoms. The molecule has 1 aliphatic heterocycles. The van der Waals surface area contributed by atoms with E-state index in [1.807, 2.05) is 0 Å². The Labute approximate surface area is 157 Å². The molecule has 1 aliphatic rings. The maximum atomic E-state index is 13.4. The number of halogens is 2. The van der Waals surface area contributed by atoms with E-state index in [1.165, 1.54) is 12.5 Å². The lowest BCUT2D eigenvalue weighted by atomic mass is 10.1. The highest BCUT2D eigenvalue weighted by atomic mass is 32.2. The summed E-state index contributed by atoms with van der Waals surface area (Å²) in [6.07, 6.45) is 3.21. The van der Waals surface area contributed by atoms with Gasteiger partial charge in [0.15, 0.2) is 11.6 Å². The molecular formula is C19H25F2N3OS. The zero-order valence-corrected chi connectivity index (χ0v) is 16.0. The topological polar surface area (TPSA) is 58.4 Å². The van der Waals surface area contributed by atoms with E-state index in [9.17, 15) is 13.6 Å². The molecule has 0 aromatic heterocycles. The van der Waals surface area contributed by atoms with Crippen LogP contribution in [0.1, 0.15) is 31.7 Å². The molecule has 1 saturated heterocycles. The Morgan fingerprint density at radius 2 is 2.15 bits per heavy atom. The van der Waals surface area contributed by atoms with E-state index in [-0.39, 0.29) is 5.91 Å². The lowest BCUT2D eigenvalue weighted by molar-refractivity contribution is -0.116. The predicted molar refractivity (Wildman–Crippen MR) is 103 cm³/mol. The van der Waals surface area contributed by atoms with E-state index in [0.717, 1.165) is 43.3 Å². The number of carbonyl (C=O) groups is 1. The monoisotopic (exact) mass is 381 g/mol. The van der Waals surface area contributed by atoms with Crippen molar-refractivity contribution in [2.45, 2.75) is 32.2 Å². The van der Waals surface area contributed by atoms with Gasteiger partial charge in [-0.15, -0.1) is 0 Å². The highest BCUT2D eigenvalue weighted by molar-refractivity contribution is 8.12. The standard InChI is InChI=1S/C19H25F2N3OS/c1-12(22)18(19(25)23-9-8-15-5-4-10-24(15)3)26-13(2)14-6-7-16(20)17(21)11-14/h6-7,11,15H,2,4-5,8-10,22H2,1,3H3,(H,23,25)/b18-12-. The maximum absolute atomic E-state index is 13.4. The van der Waals surface area contributed by atoms with E-state index in [1.54, 1.807) is 6.92 Å². The van der Waals surface area contributed by atoms with Crippen molar-refractivity contribution < 1.29 is 13.6 Å². The van der Waals surface area contributed by atoms with Crippen molar-refractivity contribution in [3.8, 4) is 0 Å². The minimum Gasteiger partial charge on any atom is -0.401 e. The summed E-state index contributed by atoms with van der Waals surface area (Å²) in [6, 6.07) is 4.01. The molecule has 1 aromatic carbocycles. The zero-order chi connectivity index (χ0) is 19.3. The molecule has 7 heteroatoms. The van der Waals surface area contributed by atoms with Crippen LogP contribution < -0.4 is 11.1 Å². The summed E-state index contributed by atoms with van der Waals surface area (Å²) in [5.74, 6) is -2.16. The summed E-state index contributed by atoms with van der Waals surface area (Å²) in [7, 11) is 2.09. The van der Waals surface area contributed by atoms with Gasteiger partial charge in [-0.25, -0.2) is 8.78 Å². The fourth-order valence-electron chi connectivity index (χ4n) is 2.93. The zero-order valence-electron chi connectivity index (χ0n) is 15.1. The third-order valence-corrected chi connectivity index (χ3v) is 5.66. The molecule has 3 N–H and O–H groups in total. The van der Waals surface area contributed by atoms with E-state index >= 15 is 0 Å². The average molecular weight is 381 g/mol. The summed E-state index contributed by atoms with van der Waals surface area (Å²) in [4.78, 5) is 15.5. The molecular weight excluding hydrogens is 356 g/mol. The van der Waals surface area contributed by atoms with Gasteiger partial charge in [0.2, 0.25) is 0 Å². The van der Waals surface area contributed by atoms with Crippen LogP contribution in [-0.4, -0.2) is 37.0 Å². The van der Waals surface area contributed by atoms with Crippen molar-refractivity contribution >= 4 is 22.6 Å². The molecule has 0 aliphatic carbocycles. The Hall–Kier alpha value is -1.86. The van der Waals surface area contributed by atoms with E-state index in [0.29, 0.717) is 33.7 Å². The van der Waals surface area contributed by atoms with Crippen LogP contribution in [-0.2, 0) is 4.79 Å². The molecule has 0 bridgehead atoms. The Bertz CT molecular complexity index is 717. The lowest BCUT2D eigenvalue weighted by Crippen LogP contribution is -2.32. The molecule has 1 aromatic rings. The number of nitrogens with one attached hydrogen (secondary N) is 1. The van der Waals surface area contributed by atoms with E-state index in [4.69, 9.17) is 5.73 Å². The Morgan fingerprint density at radius 1 is 1.42 bits per heavy atom. The van der Waals surface area contributed by atoms with Crippen molar-refractivity contribution in [3.05, 3.63) is 52.6 Å². The molecule has 1 amide bonds. The minimum atomic E-state index is -0.954. The van der Waals surface area contributed by atoms with Gasteiger partial charge in [-0.2, -0.15) is 0 Å². The van der Waals surface area contributed by atoms with Crippen molar-refractivity contribution in [2.75, 3.05) is 20.1 Å². The Balaban J connectivity index is 1.95. The van der Waals surface area contributed by atoms with Crippen LogP contribution >= 0.6 is 11.8 Å². The van der Waals surface area contributed by atoms with Crippen molar-refractivity contribution in [1.82, 2.24) is 10.2 Å². The molecule has 2 rings (SSSR count). The second-order valence-corrected chi connectivity index (χ2v) is 7.59. The van der Waals surface area contributed by atoms with Gasteiger partial charge in [0.05, 0.1) is 4.91 Å². The van der Waals surface area contributed by atoms with Crippen LogP contribution in [0.3, 0.4) is 0 Å². The number of allylic oxidation sites excluding steroid dienone is 1. The number of thioether (sulfide) groups is 1. The van der Waals surface area contributed by atoms with Crippen LogP contribution in [0, 0.1) is 11.6 Å². The predicted octanol–water partition coefficient (Wildman–Crippen LogP) is 3.46. The van der Waals surface area contributed by atoms with Gasteiger partial charge >= 0.3 is 0 Å². The number of carbonyl (C=O) groups excluding carboxylic acids is 1. The smallest absolute Gasteiger partial charge is 0.259 e. The van der Waals surface area contributed by atoms with E-state index in [2.05, 4.69) is 23.8 Å². The van der Waals surface area contributed by atoms with Crippen LogP contribution in [0.4, 0.5) is 8.78 Å². The van der Waals surface area contributed by atoms with Crippen molar-refractivity contribution in [2.24, 2.45) is 5.73 Å². The molecule has 1 heterocycles. The number of likely N-dealkylation sites (tertiary alicyclic amines) is 1. The summed E-state index contributed by atoms with van der Waals surface area (Å²) in [5.41, 5.74) is 6.61.